The summed E-state index contributed by atoms with van der Waals surface area (Å²) in [6, 6.07) is -0.246. The van der Waals surface area contributed by atoms with Crippen LogP contribution in [0.2, 0.25) is 0 Å². The highest BCUT2D eigenvalue weighted by Gasteiger charge is 2.36. The molecule has 2 heterocycles. The zero-order valence-electron chi connectivity index (χ0n) is 9.73. The third-order valence-corrected chi connectivity index (χ3v) is 3.40. The highest BCUT2D eigenvalue weighted by molar-refractivity contribution is 5.97. The quantitative estimate of drug-likeness (QED) is 0.755. The summed E-state index contributed by atoms with van der Waals surface area (Å²) in [5.74, 6) is -0.317. The lowest BCUT2D eigenvalue weighted by Gasteiger charge is -2.37. The maximum Gasteiger partial charge on any atom is 0.324 e. The number of carbonyl (C=O) groups excluding carboxylic acids is 2. The molecule has 3 atom stereocenters. The Morgan fingerprint density at radius 2 is 2.25 bits per heavy atom. The molecule has 0 aromatic carbocycles. The molecule has 0 aromatic heterocycles. The Labute approximate surface area is 95.1 Å². The lowest BCUT2D eigenvalue weighted by atomic mass is 10.0. The Balaban J connectivity index is 2.02. The molecule has 1 N–H and O–H groups in total. The zero-order chi connectivity index (χ0) is 11.7. The Hall–Kier alpha value is -1.10. The van der Waals surface area contributed by atoms with Gasteiger partial charge in [-0.1, -0.05) is 6.92 Å². The topological polar surface area (TPSA) is 58.6 Å². The van der Waals surface area contributed by atoms with Crippen LogP contribution in [0.1, 0.15) is 26.7 Å². The van der Waals surface area contributed by atoms with Crippen molar-refractivity contribution >= 4 is 11.9 Å². The van der Waals surface area contributed by atoms with Crippen LogP contribution in [0.25, 0.3) is 0 Å². The number of amides is 3. The van der Waals surface area contributed by atoms with Crippen LogP contribution in [0, 0.1) is 5.92 Å². The molecule has 3 unspecified atom stereocenters. The molecule has 16 heavy (non-hydrogen) atoms. The van der Waals surface area contributed by atoms with Crippen molar-refractivity contribution in [3.8, 4) is 0 Å². The molecular formula is C11H18N2O3. The van der Waals surface area contributed by atoms with Gasteiger partial charge < -0.3 is 9.64 Å². The first kappa shape index (κ1) is 11.4. The number of hydrogen-bond donors (Lipinski definition) is 1. The van der Waals surface area contributed by atoms with Gasteiger partial charge in [0.2, 0.25) is 5.91 Å². The van der Waals surface area contributed by atoms with E-state index in [0.717, 1.165) is 19.4 Å². The van der Waals surface area contributed by atoms with Crippen molar-refractivity contribution in [3.63, 3.8) is 0 Å². The van der Waals surface area contributed by atoms with Crippen molar-refractivity contribution in [3.05, 3.63) is 0 Å². The number of urea groups is 1. The Morgan fingerprint density at radius 3 is 2.88 bits per heavy atom. The third-order valence-electron chi connectivity index (χ3n) is 3.40. The molecule has 0 aromatic rings. The van der Waals surface area contributed by atoms with Gasteiger partial charge in [0.25, 0.3) is 0 Å². The number of nitrogens with one attached hydrogen (secondary N) is 1. The summed E-state index contributed by atoms with van der Waals surface area (Å²) in [6.07, 6.45) is 2.16. The minimum atomic E-state index is -0.286. The molecule has 2 aliphatic rings. The first-order valence-corrected chi connectivity index (χ1v) is 5.82. The molecule has 0 saturated carbocycles. The van der Waals surface area contributed by atoms with E-state index < -0.39 is 0 Å². The molecule has 2 rings (SSSR count). The van der Waals surface area contributed by atoms with Crippen molar-refractivity contribution in [1.82, 2.24) is 10.2 Å². The first-order valence-electron chi connectivity index (χ1n) is 5.82. The van der Waals surface area contributed by atoms with Gasteiger partial charge in [0.05, 0.1) is 18.1 Å². The van der Waals surface area contributed by atoms with Crippen LogP contribution in [0.3, 0.4) is 0 Å². The van der Waals surface area contributed by atoms with Crippen LogP contribution in [0.5, 0.6) is 0 Å². The van der Waals surface area contributed by atoms with E-state index in [1.807, 2.05) is 13.8 Å². The van der Waals surface area contributed by atoms with E-state index in [-0.39, 0.29) is 30.0 Å². The fourth-order valence-corrected chi connectivity index (χ4v) is 2.30. The van der Waals surface area contributed by atoms with E-state index in [0.29, 0.717) is 6.54 Å². The molecule has 0 bridgehead atoms. The number of nitrogens with zero attached hydrogens (tertiary/aromatic N) is 1. The van der Waals surface area contributed by atoms with Crippen molar-refractivity contribution in [2.45, 2.75) is 38.8 Å². The SMILES string of the molecule is CC1CN(C(C)C2CCCO2)C(=O)NC1=O. The highest BCUT2D eigenvalue weighted by atomic mass is 16.5. The van der Waals surface area contributed by atoms with Gasteiger partial charge in [-0.3, -0.25) is 10.1 Å². The van der Waals surface area contributed by atoms with E-state index in [4.69, 9.17) is 4.74 Å². The third kappa shape index (κ3) is 2.04. The smallest absolute Gasteiger partial charge is 0.324 e. The maximum absolute atomic E-state index is 11.7. The monoisotopic (exact) mass is 226 g/mol. The maximum atomic E-state index is 11.7. The van der Waals surface area contributed by atoms with Gasteiger partial charge >= 0.3 is 6.03 Å². The zero-order valence-corrected chi connectivity index (χ0v) is 9.73. The summed E-state index contributed by atoms with van der Waals surface area (Å²) in [5, 5.41) is 2.38. The lowest BCUT2D eigenvalue weighted by Crippen LogP contribution is -2.58. The Kier molecular flexibility index (Phi) is 3.14. The number of ether oxygens (including phenoxy) is 1. The van der Waals surface area contributed by atoms with Crippen molar-refractivity contribution in [2.24, 2.45) is 5.92 Å². The second kappa shape index (κ2) is 4.41. The fourth-order valence-electron chi connectivity index (χ4n) is 2.30. The minimum Gasteiger partial charge on any atom is -0.376 e. The van der Waals surface area contributed by atoms with Gasteiger partial charge in [0.1, 0.15) is 0 Å². The van der Waals surface area contributed by atoms with Crippen LogP contribution in [0.15, 0.2) is 0 Å². The number of carbonyl (C=O) groups is 2. The van der Waals surface area contributed by atoms with Gasteiger partial charge in [-0.15, -0.1) is 0 Å². The van der Waals surface area contributed by atoms with Gasteiger partial charge in [0.15, 0.2) is 0 Å². The van der Waals surface area contributed by atoms with Crippen LogP contribution in [0.4, 0.5) is 4.79 Å². The van der Waals surface area contributed by atoms with E-state index in [1.54, 1.807) is 4.90 Å². The summed E-state index contributed by atoms with van der Waals surface area (Å²) < 4.78 is 5.57. The standard InChI is InChI=1S/C11H18N2O3/c1-7-6-13(11(15)12-10(7)14)8(2)9-4-3-5-16-9/h7-9H,3-6H2,1-2H3,(H,12,14,15). The predicted molar refractivity (Wildman–Crippen MR) is 57.8 cm³/mol. The summed E-state index contributed by atoms with van der Waals surface area (Å²) in [4.78, 5) is 24.7. The molecular weight excluding hydrogens is 208 g/mol. The van der Waals surface area contributed by atoms with E-state index in [1.165, 1.54) is 0 Å². The molecule has 0 aliphatic carbocycles. The Bertz CT molecular complexity index is 300. The summed E-state index contributed by atoms with van der Waals surface area (Å²) in [7, 11) is 0. The van der Waals surface area contributed by atoms with Crippen molar-refractivity contribution < 1.29 is 14.3 Å². The first-order chi connectivity index (χ1) is 7.59. The molecule has 2 fully saturated rings. The molecule has 5 heteroatoms. The molecule has 0 radical (unpaired) electrons. The van der Waals surface area contributed by atoms with Gasteiger partial charge in [0, 0.05) is 13.2 Å². The van der Waals surface area contributed by atoms with Crippen LogP contribution < -0.4 is 5.32 Å². The number of imide groups is 1. The number of hydrogen-bond acceptors (Lipinski definition) is 3. The molecule has 0 spiro atoms. The summed E-state index contributed by atoms with van der Waals surface area (Å²) in [5.41, 5.74) is 0. The second-order valence-corrected chi connectivity index (χ2v) is 4.64. The van der Waals surface area contributed by atoms with Crippen molar-refractivity contribution in [1.29, 1.82) is 0 Å². The van der Waals surface area contributed by atoms with E-state index >= 15 is 0 Å². The molecule has 2 saturated heterocycles. The predicted octanol–water partition coefficient (Wildman–Crippen LogP) is 0.742. The minimum absolute atomic E-state index is 0.0399. The number of rotatable bonds is 2. The molecule has 5 nitrogen and oxygen atoms in total. The fraction of sp³-hybridized carbons (Fsp3) is 0.818. The van der Waals surface area contributed by atoms with Crippen LogP contribution >= 0.6 is 0 Å². The van der Waals surface area contributed by atoms with Gasteiger partial charge in [-0.2, -0.15) is 0 Å². The average molecular weight is 226 g/mol. The van der Waals surface area contributed by atoms with E-state index in [9.17, 15) is 9.59 Å². The largest absolute Gasteiger partial charge is 0.376 e. The average Bonchev–Trinajstić information content (AvgIpc) is 2.75. The summed E-state index contributed by atoms with van der Waals surface area (Å²) in [6.45, 7) is 5.08. The highest BCUT2D eigenvalue weighted by Crippen LogP contribution is 2.21. The van der Waals surface area contributed by atoms with E-state index in [2.05, 4.69) is 5.32 Å². The molecule has 3 amide bonds. The normalized spacial score (nSPS) is 32.8. The second-order valence-electron chi connectivity index (χ2n) is 4.64. The van der Waals surface area contributed by atoms with Crippen molar-refractivity contribution in [2.75, 3.05) is 13.2 Å². The van der Waals surface area contributed by atoms with Crippen LogP contribution in [-0.2, 0) is 9.53 Å². The summed E-state index contributed by atoms with van der Waals surface area (Å²) >= 11 is 0. The lowest BCUT2D eigenvalue weighted by molar-refractivity contribution is -0.126. The van der Waals surface area contributed by atoms with Crippen LogP contribution in [-0.4, -0.2) is 42.1 Å². The molecule has 2 aliphatic heterocycles. The Morgan fingerprint density at radius 1 is 1.50 bits per heavy atom. The van der Waals surface area contributed by atoms with Gasteiger partial charge in [-0.25, -0.2) is 4.79 Å². The van der Waals surface area contributed by atoms with Gasteiger partial charge in [-0.05, 0) is 19.8 Å². The molecule has 90 valence electrons.